The summed E-state index contributed by atoms with van der Waals surface area (Å²) in [5, 5.41) is 16.9. The van der Waals surface area contributed by atoms with Crippen molar-refractivity contribution in [3.63, 3.8) is 0 Å². The minimum Gasteiger partial charge on any atom is -0.480 e. The Balaban J connectivity index is 1.85. The molecule has 0 saturated heterocycles. The fraction of sp³-hybridized carbons (Fsp3) is 0.312. The number of hydrogen-bond acceptors (Lipinski definition) is 3. The van der Waals surface area contributed by atoms with Gasteiger partial charge in [0.1, 0.15) is 6.04 Å². The molecule has 0 bridgehead atoms. The summed E-state index contributed by atoms with van der Waals surface area (Å²) in [7, 11) is 0. The van der Waals surface area contributed by atoms with Gasteiger partial charge in [0.25, 0.3) is 5.91 Å². The van der Waals surface area contributed by atoms with Crippen LogP contribution in [0.5, 0.6) is 0 Å². The number of aliphatic carboxylic acids is 1. The molecular weight excluding hydrogens is 353 g/mol. The van der Waals surface area contributed by atoms with Crippen LogP contribution < -0.4 is 5.32 Å². The van der Waals surface area contributed by atoms with E-state index < -0.39 is 17.9 Å². The quantitative estimate of drug-likeness (QED) is 0.850. The number of rotatable bonds is 5. The fourth-order valence-corrected chi connectivity index (χ4v) is 3.00. The minimum absolute atomic E-state index is 0.000317. The second-order valence-corrected chi connectivity index (χ2v) is 6.65. The molecule has 1 unspecified atom stereocenters. The van der Waals surface area contributed by atoms with Gasteiger partial charge < -0.3 is 10.4 Å². The molecule has 126 valence electrons. The molecule has 0 radical (unpaired) electrons. The predicted molar refractivity (Wildman–Crippen MR) is 89.9 cm³/mol. The van der Waals surface area contributed by atoms with Gasteiger partial charge in [0, 0.05) is 10.7 Å². The van der Waals surface area contributed by atoms with Crippen LogP contribution >= 0.6 is 23.2 Å². The summed E-state index contributed by atoms with van der Waals surface area (Å²) in [6.45, 7) is 1.78. The van der Waals surface area contributed by atoms with E-state index >= 15 is 0 Å². The standard InChI is InChI=1S/C16H15Cl2N3O3/c1-8-6-12(15(22)19-14(16(23)24)9-2-3-9)20-21(8)13-5-4-10(17)7-11(13)18/h4-7,9,14H,2-3H2,1H3,(H,19,22)(H,23,24). The first-order chi connectivity index (χ1) is 11.4. The number of carboxylic acids is 1. The molecule has 0 aliphatic heterocycles. The molecule has 6 nitrogen and oxygen atoms in total. The van der Waals surface area contributed by atoms with Gasteiger partial charge in [-0.15, -0.1) is 0 Å². The van der Waals surface area contributed by atoms with Crippen LogP contribution in [0.1, 0.15) is 29.0 Å². The number of carbonyl (C=O) groups excluding carboxylic acids is 1. The normalized spacial score (nSPS) is 15.1. The highest BCUT2D eigenvalue weighted by Gasteiger charge is 2.37. The molecule has 1 fully saturated rings. The van der Waals surface area contributed by atoms with Crippen molar-refractivity contribution >= 4 is 35.1 Å². The number of amides is 1. The maximum Gasteiger partial charge on any atom is 0.326 e. The summed E-state index contributed by atoms with van der Waals surface area (Å²) in [6, 6.07) is 5.69. The molecule has 1 saturated carbocycles. The van der Waals surface area contributed by atoms with Crippen molar-refractivity contribution in [2.24, 2.45) is 5.92 Å². The Kier molecular flexibility index (Phi) is 4.51. The topological polar surface area (TPSA) is 84.2 Å². The number of carboxylic acid groups (broad SMARTS) is 1. The van der Waals surface area contributed by atoms with E-state index in [9.17, 15) is 14.7 Å². The van der Waals surface area contributed by atoms with Gasteiger partial charge in [-0.2, -0.15) is 5.10 Å². The molecule has 1 aliphatic rings. The van der Waals surface area contributed by atoms with Crippen molar-refractivity contribution in [1.29, 1.82) is 0 Å². The maximum atomic E-state index is 12.3. The van der Waals surface area contributed by atoms with Crippen LogP contribution in [0.15, 0.2) is 24.3 Å². The molecule has 1 atom stereocenters. The van der Waals surface area contributed by atoms with Gasteiger partial charge in [-0.05, 0) is 49.9 Å². The molecule has 0 spiro atoms. The van der Waals surface area contributed by atoms with Crippen LogP contribution in [0.3, 0.4) is 0 Å². The summed E-state index contributed by atoms with van der Waals surface area (Å²) < 4.78 is 1.53. The highest BCUT2D eigenvalue weighted by molar-refractivity contribution is 6.35. The third kappa shape index (κ3) is 3.39. The number of halogens is 2. The minimum atomic E-state index is -1.03. The number of nitrogens with zero attached hydrogens (tertiary/aromatic N) is 2. The first kappa shape index (κ1) is 16.8. The number of aromatic nitrogens is 2. The predicted octanol–water partition coefficient (Wildman–Crippen LogP) is 3.08. The van der Waals surface area contributed by atoms with Crippen molar-refractivity contribution in [1.82, 2.24) is 15.1 Å². The van der Waals surface area contributed by atoms with Gasteiger partial charge >= 0.3 is 5.97 Å². The summed E-state index contributed by atoms with van der Waals surface area (Å²) in [5.74, 6) is -1.54. The van der Waals surface area contributed by atoms with Gasteiger partial charge in [0.15, 0.2) is 5.69 Å². The van der Waals surface area contributed by atoms with Crippen molar-refractivity contribution in [3.05, 3.63) is 45.7 Å². The molecule has 1 heterocycles. The Hall–Kier alpha value is -2.05. The highest BCUT2D eigenvalue weighted by Crippen LogP contribution is 2.33. The van der Waals surface area contributed by atoms with Crippen LogP contribution in [0.2, 0.25) is 10.0 Å². The Morgan fingerprint density at radius 3 is 2.62 bits per heavy atom. The van der Waals surface area contributed by atoms with E-state index in [2.05, 4.69) is 10.4 Å². The monoisotopic (exact) mass is 367 g/mol. The number of aryl methyl sites for hydroxylation is 1. The lowest BCUT2D eigenvalue weighted by molar-refractivity contribution is -0.139. The zero-order valence-electron chi connectivity index (χ0n) is 12.8. The van der Waals surface area contributed by atoms with Crippen molar-refractivity contribution in [2.75, 3.05) is 0 Å². The lowest BCUT2D eigenvalue weighted by Crippen LogP contribution is -2.42. The second-order valence-electron chi connectivity index (χ2n) is 5.81. The zero-order chi connectivity index (χ0) is 17.4. The van der Waals surface area contributed by atoms with Crippen molar-refractivity contribution in [2.45, 2.75) is 25.8 Å². The molecule has 2 aromatic rings. The third-order valence-electron chi connectivity index (χ3n) is 3.90. The molecular formula is C16H15Cl2N3O3. The third-order valence-corrected chi connectivity index (χ3v) is 4.44. The summed E-state index contributed by atoms with van der Waals surface area (Å²) in [5.41, 5.74) is 1.43. The van der Waals surface area contributed by atoms with Crippen LogP contribution in [0.4, 0.5) is 0 Å². The van der Waals surface area contributed by atoms with E-state index in [4.69, 9.17) is 23.2 Å². The highest BCUT2D eigenvalue weighted by atomic mass is 35.5. The first-order valence-electron chi connectivity index (χ1n) is 7.42. The van der Waals surface area contributed by atoms with E-state index in [1.165, 1.54) is 4.68 Å². The van der Waals surface area contributed by atoms with E-state index in [1.54, 1.807) is 31.2 Å². The number of hydrogen-bond donors (Lipinski definition) is 2. The zero-order valence-corrected chi connectivity index (χ0v) is 14.3. The molecule has 2 N–H and O–H groups in total. The molecule has 1 amide bonds. The molecule has 3 rings (SSSR count). The van der Waals surface area contributed by atoms with Gasteiger partial charge in [-0.3, -0.25) is 4.79 Å². The molecule has 8 heteroatoms. The molecule has 24 heavy (non-hydrogen) atoms. The maximum absolute atomic E-state index is 12.3. The van der Waals surface area contributed by atoms with Gasteiger partial charge in [0.2, 0.25) is 0 Å². The van der Waals surface area contributed by atoms with Crippen LogP contribution in [0, 0.1) is 12.8 Å². The van der Waals surface area contributed by atoms with Crippen LogP contribution in [0.25, 0.3) is 5.69 Å². The van der Waals surface area contributed by atoms with E-state index in [-0.39, 0.29) is 11.6 Å². The van der Waals surface area contributed by atoms with E-state index in [1.807, 2.05) is 0 Å². The van der Waals surface area contributed by atoms with Crippen molar-refractivity contribution in [3.8, 4) is 5.69 Å². The van der Waals surface area contributed by atoms with Gasteiger partial charge in [0.05, 0.1) is 10.7 Å². The molecule has 1 aromatic carbocycles. The van der Waals surface area contributed by atoms with Gasteiger partial charge in [-0.1, -0.05) is 23.2 Å². The van der Waals surface area contributed by atoms with Crippen LogP contribution in [-0.2, 0) is 4.79 Å². The Morgan fingerprint density at radius 2 is 2.04 bits per heavy atom. The summed E-state index contributed by atoms with van der Waals surface area (Å²) >= 11 is 12.1. The number of nitrogens with one attached hydrogen (secondary N) is 1. The number of benzene rings is 1. The first-order valence-corrected chi connectivity index (χ1v) is 8.18. The average Bonchev–Trinajstić information content (AvgIpc) is 3.27. The lowest BCUT2D eigenvalue weighted by Gasteiger charge is -2.12. The van der Waals surface area contributed by atoms with E-state index in [0.717, 1.165) is 12.8 Å². The van der Waals surface area contributed by atoms with Gasteiger partial charge in [-0.25, -0.2) is 9.48 Å². The largest absolute Gasteiger partial charge is 0.480 e. The lowest BCUT2D eigenvalue weighted by atomic mass is 10.2. The fourth-order valence-electron chi connectivity index (χ4n) is 2.51. The average molecular weight is 368 g/mol. The van der Waals surface area contributed by atoms with Crippen molar-refractivity contribution < 1.29 is 14.7 Å². The number of carbonyl (C=O) groups is 2. The molecule has 1 aromatic heterocycles. The Labute approximate surface area is 148 Å². The Bertz CT molecular complexity index is 815. The summed E-state index contributed by atoms with van der Waals surface area (Å²) in [6.07, 6.45) is 1.62. The Morgan fingerprint density at radius 1 is 1.33 bits per heavy atom. The summed E-state index contributed by atoms with van der Waals surface area (Å²) in [4.78, 5) is 23.6. The van der Waals surface area contributed by atoms with Crippen LogP contribution in [-0.4, -0.2) is 32.8 Å². The smallest absolute Gasteiger partial charge is 0.326 e. The SMILES string of the molecule is Cc1cc(C(=O)NC(C(=O)O)C2CC2)nn1-c1ccc(Cl)cc1Cl. The van der Waals surface area contributed by atoms with E-state index in [0.29, 0.717) is 21.4 Å². The second kappa shape index (κ2) is 6.45. The molecule has 1 aliphatic carbocycles.